The first-order valence-corrected chi connectivity index (χ1v) is 4.23. The van der Waals surface area contributed by atoms with Crippen LogP contribution in [-0.4, -0.2) is 5.25 Å². The summed E-state index contributed by atoms with van der Waals surface area (Å²) in [7, 11) is 0. The third-order valence-corrected chi connectivity index (χ3v) is 1.75. The van der Waals surface area contributed by atoms with E-state index in [1.807, 2.05) is 24.3 Å². The van der Waals surface area contributed by atoms with E-state index in [0.717, 1.165) is 12.1 Å². The van der Waals surface area contributed by atoms with Gasteiger partial charge >= 0.3 is 0 Å². The molecular formula is C9H13NS. The summed E-state index contributed by atoms with van der Waals surface area (Å²) in [5.74, 6) is 0. The van der Waals surface area contributed by atoms with Crippen LogP contribution < -0.4 is 5.73 Å². The molecule has 0 radical (unpaired) electrons. The lowest BCUT2D eigenvalue weighted by atomic mass is 10.1. The summed E-state index contributed by atoms with van der Waals surface area (Å²) in [5, 5.41) is 0.375. The Morgan fingerprint density at radius 1 is 1.45 bits per heavy atom. The summed E-state index contributed by atoms with van der Waals surface area (Å²) < 4.78 is 0. The van der Waals surface area contributed by atoms with Gasteiger partial charge in [0.05, 0.1) is 0 Å². The minimum atomic E-state index is 0.375. The lowest BCUT2D eigenvalue weighted by Gasteiger charge is -2.06. The van der Waals surface area contributed by atoms with Crippen molar-refractivity contribution >= 4 is 18.3 Å². The van der Waals surface area contributed by atoms with Crippen LogP contribution in [0.2, 0.25) is 0 Å². The van der Waals surface area contributed by atoms with Gasteiger partial charge in [-0.05, 0) is 18.1 Å². The van der Waals surface area contributed by atoms with E-state index in [-0.39, 0.29) is 0 Å². The minimum Gasteiger partial charge on any atom is -0.399 e. The fourth-order valence-electron chi connectivity index (χ4n) is 1.04. The standard InChI is InChI=1S/C9H13NS/c1-7(11)6-8-4-2-3-5-9(8)10/h2-5,7,11H,6,10H2,1H3. The number of benzene rings is 1. The summed E-state index contributed by atoms with van der Waals surface area (Å²) in [6.45, 7) is 2.07. The molecule has 1 nitrogen and oxygen atoms in total. The van der Waals surface area contributed by atoms with Crippen LogP contribution in [0.4, 0.5) is 5.69 Å². The maximum absolute atomic E-state index is 5.73. The van der Waals surface area contributed by atoms with Crippen molar-refractivity contribution < 1.29 is 0 Å². The quantitative estimate of drug-likeness (QED) is 0.512. The highest BCUT2D eigenvalue weighted by Crippen LogP contribution is 2.14. The zero-order valence-corrected chi connectivity index (χ0v) is 7.51. The van der Waals surface area contributed by atoms with Gasteiger partial charge in [-0.1, -0.05) is 25.1 Å². The van der Waals surface area contributed by atoms with Crippen molar-refractivity contribution in [1.82, 2.24) is 0 Å². The van der Waals surface area contributed by atoms with Gasteiger partial charge in [0.1, 0.15) is 0 Å². The molecule has 0 aromatic heterocycles. The monoisotopic (exact) mass is 167 g/mol. The molecule has 1 aromatic carbocycles. The van der Waals surface area contributed by atoms with Crippen molar-refractivity contribution in [2.45, 2.75) is 18.6 Å². The molecule has 0 aliphatic rings. The molecule has 2 heteroatoms. The van der Waals surface area contributed by atoms with Gasteiger partial charge in [0.15, 0.2) is 0 Å². The average Bonchev–Trinajstić information content (AvgIpc) is 1.93. The second-order valence-electron chi connectivity index (χ2n) is 2.75. The normalized spacial score (nSPS) is 12.9. The van der Waals surface area contributed by atoms with E-state index in [2.05, 4.69) is 19.6 Å². The predicted octanol–water partition coefficient (Wildman–Crippen LogP) is 2.13. The summed E-state index contributed by atoms with van der Waals surface area (Å²) >= 11 is 4.30. The van der Waals surface area contributed by atoms with Gasteiger partial charge in [0, 0.05) is 10.9 Å². The van der Waals surface area contributed by atoms with E-state index >= 15 is 0 Å². The Bertz CT molecular complexity index is 233. The Kier molecular flexibility index (Phi) is 2.83. The molecule has 0 amide bonds. The molecule has 0 heterocycles. The number of thiol groups is 1. The van der Waals surface area contributed by atoms with Crippen molar-refractivity contribution in [3.8, 4) is 0 Å². The Morgan fingerprint density at radius 2 is 2.09 bits per heavy atom. The van der Waals surface area contributed by atoms with Crippen molar-refractivity contribution in [3.63, 3.8) is 0 Å². The molecule has 11 heavy (non-hydrogen) atoms. The molecule has 0 spiro atoms. The largest absolute Gasteiger partial charge is 0.399 e. The Morgan fingerprint density at radius 3 is 2.64 bits per heavy atom. The molecule has 0 fully saturated rings. The van der Waals surface area contributed by atoms with Crippen LogP contribution in [0.1, 0.15) is 12.5 Å². The van der Waals surface area contributed by atoms with Gasteiger partial charge in [-0.15, -0.1) is 0 Å². The second-order valence-corrected chi connectivity index (χ2v) is 3.63. The number of nitrogens with two attached hydrogens (primary N) is 1. The molecule has 2 N–H and O–H groups in total. The molecular weight excluding hydrogens is 154 g/mol. The highest BCUT2D eigenvalue weighted by molar-refractivity contribution is 7.80. The van der Waals surface area contributed by atoms with Crippen LogP contribution in [0.15, 0.2) is 24.3 Å². The summed E-state index contributed by atoms with van der Waals surface area (Å²) in [6, 6.07) is 7.91. The van der Waals surface area contributed by atoms with Gasteiger partial charge in [-0.2, -0.15) is 12.6 Å². The molecule has 60 valence electrons. The summed E-state index contributed by atoms with van der Waals surface area (Å²) in [6.07, 6.45) is 0.940. The van der Waals surface area contributed by atoms with Crippen molar-refractivity contribution in [1.29, 1.82) is 0 Å². The maximum Gasteiger partial charge on any atom is 0.0346 e. The van der Waals surface area contributed by atoms with Crippen LogP contribution in [0.5, 0.6) is 0 Å². The van der Waals surface area contributed by atoms with E-state index in [9.17, 15) is 0 Å². The lowest BCUT2D eigenvalue weighted by molar-refractivity contribution is 0.953. The third kappa shape index (κ3) is 2.46. The Hall–Kier alpha value is -0.630. The SMILES string of the molecule is CC(S)Cc1ccccc1N. The molecule has 0 bridgehead atoms. The van der Waals surface area contributed by atoms with E-state index in [1.165, 1.54) is 5.56 Å². The molecule has 0 saturated heterocycles. The highest BCUT2D eigenvalue weighted by Gasteiger charge is 2.00. The van der Waals surface area contributed by atoms with Crippen molar-refractivity contribution in [2.24, 2.45) is 0 Å². The number of nitrogen functional groups attached to an aromatic ring is 1. The first kappa shape index (κ1) is 8.47. The van der Waals surface area contributed by atoms with Gasteiger partial charge in [-0.3, -0.25) is 0 Å². The molecule has 1 rings (SSSR count). The van der Waals surface area contributed by atoms with E-state index in [0.29, 0.717) is 5.25 Å². The molecule has 0 aliphatic heterocycles. The van der Waals surface area contributed by atoms with E-state index < -0.39 is 0 Å². The number of rotatable bonds is 2. The van der Waals surface area contributed by atoms with Crippen LogP contribution in [-0.2, 0) is 6.42 Å². The van der Waals surface area contributed by atoms with Crippen LogP contribution in [0.25, 0.3) is 0 Å². The lowest BCUT2D eigenvalue weighted by Crippen LogP contribution is -2.00. The van der Waals surface area contributed by atoms with Gasteiger partial charge in [0.2, 0.25) is 0 Å². The molecule has 1 unspecified atom stereocenters. The maximum atomic E-state index is 5.73. The molecule has 1 aromatic rings. The van der Waals surface area contributed by atoms with Crippen LogP contribution in [0.3, 0.4) is 0 Å². The van der Waals surface area contributed by atoms with Gasteiger partial charge < -0.3 is 5.73 Å². The number of para-hydroxylation sites is 1. The number of hydrogen-bond acceptors (Lipinski definition) is 2. The molecule has 1 atom stereocenters. The van der Waals surface area contributed by atoms with Gasteiger partial charge in [0.25, 0.3) is 0 Å². The Balaban J connectivity index is 2.78. The predicted molar refractivity (Wildman–Crippen MR) is 53.0 cm³/mol. The van der Waals surface area contributed by atoms with Crippen LogP contribution in [0, 0.1) is 0 Å². The zero-order chi connectivity index (χ0) is 8.27. The molecule has 0 aliphatic carbocycles. The fourth-order valence-corrected chi connectivity index (χ4v) is 1.24. The summed E-state index contributed by atoms with van der Waals surface area (Å²) in [5.41, 5.74) is 7.79. The van der Waals surface area contributed by atoms with Crippen molar-refractivity contribution in [2.75, 3.05) is 5.73 Å². The topological polar surface area (TPSA) is 26.0 Å². The molecule has 0 saturated carbocycles. The average molecular weight is 167 g/mol. The number of anilines is 1. The Labute approximate surface area is 73.0 Å². The smallest absolute Gasteiger partial charge is 0.0346 e. The first-order chi connectivity index (χ1) is 5.20. The zero-order valence-electron chi connectivity index (χ0n) is 6.62. The van der Waals surface area contributed by atoms with Gasteiger partial charge in [-0.25, -0.2) is 0 Å². The van der Waals surface area contributed by atoms with E-state index in [4.69, 9.17) is 5.73 Å². The minimum absolute atomic E-state index is 0.375. The first-order valence-electron chi connectivity index (χ1n) is 3.71. The fraction of sp³-hybridized carbons (Fsp3) is 0.333. The number of hydrogen-bond donors (Lipinski definition) is 2. The van der Waals surface area contributed by atoms with E-state index in [1.54, 1.807) is 0 Å². The van der Waals surface area contributed by atoms with Crippen LogP contribution >= 0.6 is 12.6 Å². The highest BCUT2D eigenvalue weighted by atomic mass is 32.1. The summed E-state index contributed by atoms with van der Waals surface area (Å²) in [4.78, 5) is 0. The third-order valence-electron chi connectivity index (χ3n) is 1.57. The second kappa shape index (κ2) is 3.67. The van der Waals surface area contributed by atoms with Crippen molar-refractivity contribution in [3.05, 3.63) is 29.8 Å².